The molecule has 0 saturated heterocycles. The zero-order chi connectivity index (χ0) is 14.8. The molecule has 1 aliphatic carbocycles. The number of aromatic nitrogens is 3. The SMILES string of the molecule is Cc1cc(Br)cc(CNC2CC2)c1OCc1ncnn1C. The summed E-state index contributed by atoms with van der Waals surface area (Å²) in [5, 5.41) is 7.60. The molecule has 0 bridgehead atoms. The molecule has 112 valence electrons. The summed E-state index contributed by atoms with van der Waals surface area (Å²) in [6, 6.07) is 4.87. The fraction of sp³-hybridized carbons (Fsp3) is 0.467. The molecule has 0 unspecified atom stereocenters. The Morgan fingerprint density at radius 2 is 2.24 bits per heavy atom. The molecule has 1 saturated carbocycles. The molecular weight excluding hydrogens is 332 g/mol. The van der Waals surface area contributed by atoms with Gasteiger partial charge in [-0.25, -0.2) is 4.98 Å². The number of nitrogens with one attached hydrogen (secondary N) is 1. The van der Waals surface area contributed by atoms with E-state index in [9.17, 15) is 0 Å². The first-order valence-corrected chi connectivity index (χ1v) is 7.91. The molecular formula is C15H19BrN4O. The van der Waals surface area contributed by atoms with Crippen LogP contribution in [-0.2, 0) is 20.2 Å². The van der Waals surface area contributed by atoms with E-state index in [2.05, 4.69) is 50.4 Å². The lowest BCUT2D eigenvalue weighted by Crippen LogP contribution is -2.16. The van der Waals surface area contributed by atoms with Crippen molar-refractivity contribution in [2.45, 2.75) is 39.0 Å². The summed E-state index contributed by atoms with van der Waals surface area (Å²) >= 11 is 3.56. The van der Waals surface area contributed by atoms with Crippen molar-refractivity contribution >= 4 is 15.9 Å². The molecule has 3 rings (SSSR count). The van der Waals surface area contributed by atoms with Gasteiger partial charge in [-0.2, -0.15) is 5.10 Å². The highest BCUT2D eigenvalue weighted by molar-refractivity contribution is 9.10. The van der Waals surface area contributed by atoms with Gasteiger partial charge < -0.3 is 10.1 Å². The minimum Gasteiger partial charge on any atom is -0.485 e. The highest BCUT2D eigenvalue weighted by Crippen LogP contribution is 2.30. The number of nitrogens with zero attached hydrogens (tertiary/aromatic N) is 3. The Kier molecular flexibility index (Phi) is 4.26. The third-order valence-corrected chi connectivity index (χ3v) is 4.08. The van der Waals surface area contributed by atoms with E-state index >= 15 is 0 Å². The Morgan fingerprint density at radius 1 is 1.43 bits per heavy atom. The Bertz CT molecular complexity index is 637. The molecule has 2 aromatic rings. The van der Waals surface area contributed by atoms with Crippen molar-refractivity contribution < 1.29 is 4.74 Å². The van der Waals surface area contributed by atoms with Crippen LogP contribution in [0.5, 0.6) is 5.75 Å². The average Bonchev–Trinajstić information content (AvgIpc) is 3.18. The summed E-state index contributed by atoms with van der Waals surface area (Å²) in [6.07, 6.45) is 4.10. The van der Waals surface area contributed by atoms with Gasteiger partial charge in [0.25, 0.3) is 0 Å². The topological polar surface area (TPSA) is 52.0 Å². The zero-order valence-electron chi connectivity index (χ0n) is 12.3. The van der Waals surface area contributed by atoms with Crippen LogP contribution in [0.1, 0.15) is 29.8 Å². The lowest BCUT2D eigenvalue weighted by molar-refractivity contribution is 0.284. The van der Waals surface area contributed by atoms with E-state index < -0.39 is 0 Å². The van der Waals surface area contributed by atoms with E-state index in [-0.39, 0.29) is 0 Å². The number of hydrogen-bond acceptors (Lipinski definition) is 4. The molecule has 1 aromatic heterocycles. The first-order valence-electron chi connectivity index (χ1n) is 7.11. The molecule has 0 spiro atoms. The van der Waals surface area contributed by atoms with Crippen LogP contribution in [0, 0.1) is 6.92 Å². The summed E-state index contributed by atoms with van der Waals surface area (Å²) in [7, 11) is 1.87. The van der Waals surface area contributed by atoms with E-state index in [1.165, 1.54) is 18.4 Å². The van der Waals surface area contributed by atoms with Gasteiger partial charge in [0.15, 0.2) is 5.82 Å². The monoisotopic (exact) mass is 350 g/mol. The smallest absolute Gasteiger partial charge is 0.164 e. The predicted molar refractivity (Wildman–Crippen MR) is 84.1 cm³/mol. The number of aryl methyl sites for hydroxylation is 2. The molecule has 1 fully saturated rings. The van der Waals surface area contributed by atoms with Crippen molar-refractivity contribution in [1.29, 1.82) is 0 Å². The Hall–Kier alpha value is -1.40. The Morgan fingerprint density at radius 3 is 2.90 bits per heavy atom. The molecule has 5 nitrogen and oxygen atoms in total. The van der Waals surface area contributed by atoms with E-state index in [1.54, 1.807) is 11.0 Å². The van der Waals surface area contributed by atoms with Crippen LogP contribution < -0.4 is 10.1 Å². The zero-order valence-corrected chi connectivity index (χ0v) is 13.9. The van der Waals surface area contributed by atoms with Crippen molar-refractivity contribution in [2.75, 3.05) is 0 Å². The van der Waals surface area contributed by atoms with Crippen molar-refractivity contribution in [3.63, 3.8) is 0 Å². The van der Waals surface area contributed by atoms with Gasteiger partial charge in [0.05, 0.1) is 0 Å². The summed E-state index contributed by atoms with van der Waals surface area (Å²) in [4.78, 5) is 4.19. The third-order valence-electron chi connectivity index (χ3n) is 3.63. The fourth-order valence-electron chi connectivity index (χ4n) is 2.27. The molecule has 0 atom stereocenters. The largest absolute Gasteiger partial charge is 0.485 e. The number of benzene rings is 1. The van der Waals surface area contributed by atoms with Gasteiger partial charge in [-0.05, 0) is 37.5 Å². The van der Waals surface area contributed by atoms with Crippen LogP contribution in [0.2, 0.25) is 0 Å². The maximum absolute atomic E-state index is 6.02. The molecule has 1 N–H and O–H groups in total. The highest BCUT2D eigenvalue weighted by atomic mass is 79.9. The van der Waals surface area contributed by atoms with Gasteiger partial charge in [0.1, 0.15) is 18.7 Å². The average molecular weight is 351 g/mol. The maximum atomic E-state index is 6.02. The number of rotatable bonds is 6. The first-order chi connectivity index (χ1) is 10.1. The van der Waals surface area contributed by atoms with Crippen molar-refractivity contribution in [3.8, 4) is 5.75 Å². The van der Waals surface area contributed by atoms with Gasteiger partial charge in [0.2, 0.25) is 0 Å². The number of hydrogen-bond donors (Lipinski definition) is 1. The molecule has 0 radical (unpaired) electrons. The first kappa shape index (κ1) is 14.5. The summed E-state index contributed by atoms with van der Waals surface area (Å²) in [5.41, 5.74) is 2.30. The molecule has 6 heteroatoms. The summed E-state index contributed by atoms with van der Waals surface area (Å²) in [5.74, 6) is 1.76. The van der Waals surface area contributed by atoms with Gasteiger partial charge in [-0.1, -0.05) is 15.9 Å². The van der Waals surface area contributed by atoms with Crippen LogP contribution in [0.15, 0.2) is 22.9 Å². The van der Waals surface area contributed by atoms with Crippen molar-refractivity contribution in [2.24, 2.45) is 7.05 Å². The van der Waals surface area contributed by atoms with E-state index in [1.807, 2.05) is 7.05 Å². The van der Waals surface area contributed by atoms with E-state index in [0.29, 0.717) is 12.6 Å². The highest BCUT2D eigenvalue weighted by Gasteiger charge is 2.21. The van der Waals surface area contributed by atoms with Crippen LogP contribution in [0.3, 0.4) is 0 Å². The van der Waals surface area contributed by atoms with Crippen LogP contribution in [0.25, 0.3) is 0 Å². The second-order valence-corrected chi connectivity index (χ2v) is 6.37. The van der Waals surface area contributed by atoms with E-state index in [4.69, 9.17) is 4.74 Å². The standard InChI is InChI=1S/C15H19BrN4O/c1-10-5-12(16)6-11(7-17-13-3-4-13)15(10)21-8-14-18-9-19-20(14)2/h5-6,9,13,17H,3-4,7-8H2,1-2H3. The van der Waals surface area contributed by atoms with Crippen LogP contribution in [0.4, 0.5) is 0 Å². The Balaban J connectivity index is 1.76. The van der Waals surface area contributed by atoms with Crippen LogP contribution in [-0.4, -0.2) is 20.8 Å². The number of halogens is 1. The molecule has 1 heterocycles. The minimum absolute atomic E-state index is 0.426. The predicted octanol–water partition coefficient (Wildman–Crippen LogP) is 2.72. The van der Waals surface area contributed by atoms with Crippen molar-refractivity contribution in [1.82, 2.24) is 20.1 Å². The third kappa shape index (κ3) is 3.63. The molecule has 0 amide bonds. The van der Waals surface area contributed by atoms with Gasteiger partial charge >= 0.3 is 0 Å². The second-order valence-electron chi connectivity index (χ2n) is 5.45. The molecule has 1 aromatic carbocycles. The molecule has 21 heavy (non-hydrogen) atoms. The Labute approximate surface area is 132 Å². The number of ether oxygens (including phenoxy) is 1. The van der Waals surface area contributed by atoms with Gasteiger partial charge in [0, 0.05) is 29.7 Å². The quantitative estimate of drug-likeness (QED) is 0.870. The summed E-state index contributed by atoms with van der Waals surface area (Å²) in [6.45, 7) is 3.33. The van der Waals surface area contributed by atoms with Gasteiger partial charge in [-0.3, -0.25) is 4.68 Å². The second kappa shape index (κ2) is 6.15. The lowest BCUT2D eigenvalue weighted by Gasteiger charge is -2.15. The normalized spacial score (nSPS) is 14.4. The summed E-state index contributed by atoms with van der Waals surface area (Å²) < 4.78 is 8.83. The lowest BCUT2D eigenvalue weighted by atomic mass is 10.1. The molecule has 1 aliphatic rings. The maximum Gasteiger partial charge on any atom is 0.164 e. The van der Waals surface area contributed by atoms with Gasteiger partial charge in [-0.15, -0.1) is 0 Å². The van der Waals surface area contributed by atoms with Crippen LogP contribution >= 0.6 is 15.9 Å². The molecule has 0 aliphatic heterocycles. The fourth-order valence-corrected chi connectivity index (χ4v) is 2.89. The van der Waals surface area contributed by atoms with Crippen molar-refractivity contribution in [3.05, 3.63) is 39.9 Å². The minimum atomic E-state index is 0.426. The van der Waals surface area contributed by atoms with E-state index in [0.717, 1.165) is 28.2 Å².